The van der Waals surface area contributed by atoms with Crippen molar-refractivity contribution in [3.05, 3.63) is 70.3 Å². The molecule has 36 heavy (non-hydrogen) atoms. The lowest BCUT2D eigenvalue weighted by Crippen LogP contribution is -2.15. The molecule has 0 radical (unpaired) electrons. The first-order valence-electron chi connectivity index (χ1n) is 13.7. The van der Waals surface area contributed by atoms with Crippen LogP contribution in [0.5, 0.6) is 5.75 Å². The molecule has 0 unspecified atom stereocenters. The first kappa shape index (κ1) is 26.8. The highest BCUT2D eigenvalue weighted by Crippen LogP contribution is 2.41. The maximum atomic E-state index is 15.0. The molecule has 0 bridgehead atoms. The predicted molar refractivity (Wildman–Crippen MR) is 137 cm³/mol. The Hall–Kier alpha value is -2.30. The van der Waals surface area contributed by atoms with E-state index in [-0.39, 0.29) is 35.7 Å². The van der Waals surface area contributed by atoms with E-state index in [1.165, 1.54) is 18.9 Å². The van der Waals surface area contributed by atoms with E-state index in [1.807, 2.05) is 6.08 Å². The second kappa shape index (κ2) is 12.3. The topological polar surface area (TPSA) is 9.23 Å². The van der Waals surface area contributed by atoms with Gasteiger partial charge in [0.1, 0.15) is 0 Å². The van der Waals surface area contributed by atoms with Crippen LogP contribution in [0.2, 0.25) is 0 Å². The minimum atomic E-state index is -0.925. The van der Waals surface area contributed by atoms with Gasteiger partial charge in [0.25, 0.3) is 0 Å². The van der Waals surface area contributed by atoms with Crippen molar-refractivity contribution < 1.29 is 22.3 Å². The molecule has 0 aliphatic heterocycles. The summed E-state index contributed by atoms with van der Waals surface area (Å²) < 4.78 is 63.9. The Balaban J connectivity index is 1.35. The van der Waals surface area contributed by atoms with Gasteiger partial charge in [0, 0.05) is 5.56 Å². The van der Waals surface area contributed by atoms with E-state index in [2.05, 4.69) is 6.92 Å². The van der Waals surface area contributed by atoms with Gasteiger partial charge in [-0.2, -0.15) is 4.39 Å². The van der Waals surface area contributed by atoms with Gasteiger partial charge in [-0.15, -0.1) is 0 Å². The number of allylic oxidation sites excluding steroid dienone is 1. The largest absolute Gasteiger partial charge is 0.491 e. The van der Waals surface area contributed by atoms with Gasteiger partial charge in [-0.3, -0.25) is 0 Å². The fourth-order valence-electron chi connectivity index (χ4n) is 6.19. The molecular weight excluding hydrogens is 464 g/mol. The maximum Gasteiger partial charge on any atom is 0.200 e. The molecule has 0 spiro atoms. The van der Waals surface area contributed by atoms with Crippen molar-refractivity contribution in [2.45, 2.75) is 89.9 Å². The number of halogens is 4. The molecule has 1 nitrogen and oxygen atoms in total. The summed E-state index contributed by atoms with van der Waals surface area (Å²) in [5.74, 6) is -2.29. The van der Waals surface area contributed by atoms with Crippen molar-refractivity contribution in [1.82, 2.24) is 0 Å². The lowest BCUT2D eigenvalue weighted by molar-refractivity contribution is 0.303. The second-order valence-corrected chi connectivity index (χ2v) is 10.6. The summed E-state index contributed by atoms with van der Waals surface area (Å²) in [5.41, 5.74) is 1.19. The van der Waals surface area contributed by atoms with Gasteiger partial charge in [0.15, 0.2) is 23.2 Å². The van der Waals surface area contributed by atoms with Gasteiger partial charge < -0.3 is 4.74 Å². The Morgan fingerprint density at radius 2 is 1.31 bits per heavy atom. The highest BCUT2D eigenvalue weighted by Gasteiger charge is 2.27. The summed E-state index contributed by atoms with van der Waals surface area (Å²) in [6.45, 7) is 4.20. The third-order valence-electron chi connectivity index (χ3n) is 8.26. The Labute approximate surface area is 212 Å². The van der Waals surface area contributed by atoms with Gasteiger partial charge in [0.05, 0.1) is 6.61 Å². The van der Waals surface area contributed by atoms with E-state index < -0.39 is 23.3 Å². The molecule has 4 rings (SSSR count). The molecular formula is C31H38F4O. The van der Waals surface area contributed by atoms with Crippen LogP contribution in [0.1, 0.15) is 107 Å². The van der Waals surface area contributed by atoms with Crippen LogP contribution in [-0.4, -0.2) is 6.61 Å². The van der Waals surface area contributed by atoms with E-state index >= 15 is 0 Å². The summed E-state index contributed by atoms with van der Waals surface area (Å²) in [7, 11) is 0. The van der Waals surface area contributed by atoms with E-state index in [9.17, 15) is 17.6 Å². The van der Waals surface area contributed by atoms with Gasteiger partial charge in [-0.05, 0) is 99.2 Å². The maximum absolute atomic E-state index is 15.0. The minimum Gasteiger partial charge on any atom is -0.491 e. The van der Waals surface area contributed by atoms with Crippen LogP contribution < -0.4 is 4.74 Å². The smallest absolute Gasteiger partial charge is 0.200 e. The van der Waals surface area contributed by atoms with E-state index in [1.54, 1.807) is 31.2 Å². The van der Waals surface area contributed by atoms with Crippen LogP contribution in [-0.2, 0) is 0 Å². The lowest BCUT2D eigenvalue weighted by atomic mass is 9.77. The number of hydrogen-bond acceptors (Lipinski definition) is 1. The summed E-state index contributed by atoms with van der Waals surface area (Å²) in [5, 5.41) is 0. The van der Waals surface area contributed by atoms with Crippen molar-refractivity contribution in [3.8, 4) is 5.75 Å². The Morgan fingerprint density at radius 1 is 0.722 bits per heavy atom. The molecule has 5 heteroatoms. The van der Waals surface area contributed by atoms with Gasteiger partial charge >= 0.3 is 0 Å². The summed E-state index contributed by atoms with van der Waals surface area (Å²) in [4.78, 5) is 0. The van der Waals surface area contributed by atoms with Crippen molar-refractivity contribution >= 4 is 6.08 Å². The molecule has 2 aromatic carbocycles. The molecule has 2 aromatic rings. The molecule has 2 aliphatic carbocycles. The van der Waals surface area contributed by atoms with Crippen LogP contribution in [0.4, 0.5) is 17.6 Å². The Morgan fingerprint density at radius 3 is 1.92 bits per heavy atom. The Bertz CT molecular complexity index is 1050. The van der Waals surface area contributed by atoms with Gasteiger partial charge in [-0.1, -0.05) is 50.1 Å². The number of ether oxygens (including phenoxy) is 1. The predicted octanol–water partition coefficient (Wildman–Crippen LogP) is 9.70. The van der Waals surface area contributed by atoms with Crippen molar-refractivity contribution in [3.63, 3.8) is 0 Å². The fraction of sp³-hybridized carbons (Fsp3) is 0.548. The zero-order chi connectivity index (χ0) is 25.7. The SMILES string of the molecule is CCCC1CCC(c2ccc(C=CC3CCC(c4ccc(OCC)c(F)c4F)CC3)c(F)c2F)CC1. The number of hydrogen-bond donors (Lipinski definition) is 0. The molecule has 0 aromatic heterocycles. The highest BCUT2D eigenvalue weighted by atomic mass is 19.2. The second-order valence-electron chi connectivity index (χ2n) is 10.6. The zero-order valence-corrected chi connectivity index (χ0v) is 21.5. The highest BCUT2D eigenvalue weighted by molar-refractivity contribution is 5.52. The molecule has 0 atom stereocenters. The van der Waals surface area contributed by atoms with Gasteiger partial charge in [0.2, 0.25) is 5.82 Å². The fourth-order valence-corrected chi connectivity index (χ4v) is 6.19. The van der Waals surface area contributed by atoms with Crippen LogP contribution in [0.25, 0.3) is 6.08 Å². The van der Waals surface area contributed by atoms with Crippen molar-refractivity contribution in [1.29, 1.82) is 0 Å². The third kappa shape index (κ3) is 5.98. The van der Waals surface area contributed by atoms with E-state index in [0.29, 0.717) is 11.1 Å². The van der Waals surface area contributed by atoms with Crippen LogP contribution in [0.15, 0.2) is 30.3 Å². The van der Waals surface area contributed by atoms with Crippen LogP contribution in [0, 0.1) is 35.1 Å². The molecule has 0 heterocycles. The zero-order valence-electron chi connectivity index (χ0n) is 21.5. The molecule has 196 valence electrons. The van der Waals surface area contributed by atoms with Crippen molar-refractivity contribution in [2.24, 2.45) is 11.8 Å². The minimum absolute atomic E-state index is 0.0549. The van der Waals surface area contributed by atoms with Crippen LogP contribution >= 0.6 is 0 Å². The molecule has 2 fully saturated rings. The number of rotatable bonds is 8. The average molecular weight is 503 g/mol. The van der Waals surface area contributed by atoms with Crippen LogP contribution in [0.3, 0.4) is 0 Å². The average Bonchev–Trinajstić information content (AvgIpc) is 2.89. The molecule has 0 saturated heterocycles. The van der Waals surface area contributed by atoms with Gasteiger partial charge in [-0.25, -0.2) is 13.2 Å². The lowest BCUT2D eigenvalue weighted by Gasteiger charge is -2.29. The molecule has 2 aliphatic rings. The third-order valence-corrected chi connectivity index (χ3v) is 8.26. The quantitative estimate of drug-likeness (QED) is 0.327. The summed E-state index contributed by atoms with van der Waals surface area (Å²) in [6.07, 6.45) is 13.1. The molecule has 0 N–H and O–H groups in total. The van der Waals surface area contributed by atoms with E-state index in [4.69, 9.17) is 4.74 Å². The summed E-state index contributed by atoms with van der Waals surface area (Å²) >= 11 is 0. The number of benzene rings is 2. The normalized spacial score (nSPS) is 24.8. The molecule has 0 amide bonds. The monoisotopic (exact) mass is 502 g/mol. The molecule has 2 saturated carbocycles. The first-order chi connectivity index (χ1) is 17.4. The standard InChI is InChI=1S/C31H38F4O/c1-3-5-20-6-11-22(12-7-20)25-17-16-24(28(32)29(25)33)15-10-21-8-13-23(14-9-21)26-18-19-27(36-4-2)31(35)30(26)34/h10,15-23H,3-9,11-14H2,1-2H3. The summed E-state index contributed by atoms with van der Waals surface area (Å²) in [6, 6.07) is 6.59. The van der Waals surface area contributed by atoms with Crippen molar-refractivity contribution in [2.75, 3.05) is 6.61 Å². The first-order valence-corrected chi connectivity index (χ1v) is 13.7. The van der Waals surface area contributed by atoms with E-state index in [0.717, 1.165) is 57.3 Å². The Kier molecular flexibility index (Phi) is 9.14.